The van der Waals surface area contributed by atoms with Gasteiger partial charge in [0.2, 0.25) is 0 Å². The predicted octanol–water partition coefficient (Wildman–Crippen LogP) is 17.1. The van der Waals surface area contributed by atoms with Crippen molar-refractivity contribution < 1.29 is 4.42 Å². The van der Waals surface area contributed by atoms with E-state index < -0.39 is 0 Å². The van der Waals surface area contributed by atoms with E-state index in [2.05, 4.69) is 241 Å². The van der Waals surface area contributed by atoms with Gasteiger partial charge in [0.1, 0.15) is 11.2 Å². The van der Waals surface area contributed by atoms with E-state index in [0.717, 1.165) is 50.1 Å². The molecule has 2 heteroatoms. The lowest BCUT2D eigenvalue weighted by Crippen LogP contribution is -2.09. The minimum atomic E-state index is 0.875. The van der Waals surface area contributed by atoms with Gasteiger partial charge in [-0.1, -0.05) is 200 Å². The van der Waals surface area contributed by atoms with E-state index >= 15 is 0 Å². The van der Waals surface area contributed by atoms with E-state index in [1.54, 1.807) is 0 Å². The molecule has 11 rings (SSSR count). The number of para-hydroxylation sites is 1. The van der Waals surface area contributed by atoms with Crippen LogP contribution in [0.2, 0.25) is 0 Å². The van der Waals surface area contributed by atoms with E-state index in [9.17, 15) is 0 Å². The summed E-state index contributed by atoms with van der Waals surface area (Å²) in [5, 5.41) is 2.20. The van der Waals surface area contributed by atoms with Gasteiger partial charge in [0, 0.05) is 27.8 Å². The van der Waals surface area contributed by atoms with Crippen LogP contribution in [0.3, 0.4) is 0 Å². The highest BCUT2D eigenvalue weighted by Crippen LogP contribution is 2.43. The van der Waals surface area contributed by atoms with Crippen molar-refractivity contribution in [2.45, 2.75) is 0 Å². The summed E-state index contributed by atoms with van der Waals surface area (Å²) in [6, 6.07) is 89.0. The molecule has 0 amide bonds. The second kappa shape index (κ2) is 16.1. The molecule has 0 N–H and O–H groups in total. The van der Waals surface area contributed by atoms with Crippen molar-refractivity contribution >= 4 is 39.0 Å². The number of rotatable bonds is 9. The van der Waals surface area contributed by atoms with Crippen LogP contribution in [0.25, 0.3) is 88.7 Å². The van der Waals surface area contributed by atoms with Crippen molar-refractivity contribution in [3.05, 3.63) is 249 Å². The average Bonchev–Trinajstić information content (AvgIpc) is 3.73. The van der Waals surface area contributed by atoms with Crippen LogP contribution in [0.5, 0.6) is 0 Å². The Morgan fingerprint density at radius 3 is 0.984 bits per heavy atom. The van der Waals surface area contributed by atoms with E-state index in [1.165, 1.54) is 55.6 Å². The Morgan fingerprint density at radius 1 is 0.226 bits per heavy atom. The molecule has 10 aromatic carbocycles. The number of hydrogen-bond donors (Lipinski definition) is 0. The van der Waals surface area contributed by atoms with Gasteiger partial charge in [-0.2, -0.15) is 0 Å². The number of furan rings is 1. The van der Waals surface area contributed by atoms with Crippen molar-refractivity contribution in [3.8, 4) is 66.8 Å². The molecule has 0 radical (unpaired) electrons. The Morgan fingerprint density at radius 2 is 0.548 bits per heavy atom. The lowest BCUT2D eigenvalue weighted by molar-refractivity contribution is 0.669. The lowest BCUT2D eigenvalue weighted by atomic mass is 9.89. The van der Waals surface area contributed by atoms with Crippen molar-refractivity contribution in [2.24, 2.45) is 0 Å². The van der Waals surface area contributed by atoms with Crippen LogP contribution >= 0.6 is 0 Å². The normalized spacial score (nSPS) is 11.2. The summed E-state index contributed by atoms with van der Waals surface area (Å²) < 4.78 is 6.28. The summed E-state index contributed by atoms with van der Waals surface area (Å²) in [4.78, 5) is 2.35. The topological polar surface area (TPSA) is 16.4 Å². The van der Waals surface area contributed by atoms with Crippen molar-refractivity contribution in [1.82, 2.24) is 0 Å². The number of hydrogen-bond acceptors (Lipinski definition) is 2. The molecule has 1 aromatic heterocycles. The molecule has 0 atom stereocenters. The van der Waals surface area contributed by atoms with Gasteiger partial charge >= 0.3 is 0 Å². The molecule has 0 aliphatic rings. The smallest absolute Gasteiger partial charge is 0.135 e. The molecule has 0 spiro atoms. The first-order chi connectivity index (χ1) is 30.8. The van der Waals surface area contributed by atoms with Crippen LogP contribution in [0.15, 0.2) is 253 Å². The molecule has 0 unspecified atom stereocenters. The summed E-state index contributed by atoms with van der Waals surface area (Å²) in [6.07, 6.45) is 0. The van der Waals surface area contributed by atoms with Crippen LogP contribution < -0.4 is 4.90 Å². The maximum atomic E-state index is 6.28. The van der Waals surface area contributed by atoms with Gasteiger partial charge in [-0.15, -0.1) is 0 Å². The van der Waals surface area contributed by atoms with Crippen molar-refractivity contribution in [2.75, 3.05) is 4.90 Å². The molecule has 11 aromatic rings. The van der Waals surface area contributed by atoms with E-state index in [0.29, 0.717) is 0 Å². The lowest BCUT2D eigenvalue weighted by Gasteiger charge is -2.26. The largest absolute Gasteiger partial charge is 0.456 e. The zero-order valence-electron chi connectivity index (χ0n) is 34.0. The first kappa shape index (κ1) is 36.8. The molecule has 62 heavy (non-hydrogen) atoms. The summed E-state index contributed by atoms with van der Waals surface area (Å²) >= 11 is 0. The third kappa shape index (κ3) is 6.84. The van der Waals surface area contributed by atoms with Crippen LogP contribution in [0.4, 0.5) is 17.1 Å². The highest BCUT2D eigenvalue weighted by atomic mass is 16.3. The van der Waals surface area contributed by atoms with Gasteiger partial charge in [0.05, 0.1) is 0 Å². The summed E-state index contributed by atoms with van der Waals surface area (Å²) in [7, 11) is 0. The summed E-state index contributed by atoms with van der Waals surface area (Å²) in [6.45, 7) is 0. The van der Waals surface area contributed by atoms with Gasteiger partial charge in [-0.3, -0.25) is 0 Å². The molecule has 2 nitrogen and oxygen atoms in total. The minimum absolute atomic E-state index is 0.875. The summed E-state index contributed by atoms with van der Waals surface area (Å²) in [5.41, 5.74) is 19.3. The van der Waals surface area contributed by atoms with Gasteiger partial charge in [-0.05, 0) is 115 Å². The second-order valence-corrected chi connectivity index (χ2v) is 15.6. The highest BCUT2D eigenvalue weighted by molar-refractivity contribution is 6.06. The Bertz CT molecular complexity index is 3160. The van der Waals surface area contributed by atoms with Crippen molar-refractivity contribution in [1.29, 1.82) is 0 Å². The first-order valence-electron chi connectivity index (χ1n) is 21.2. The molecular formula is C60H41NO. The zero-order chi connectivity index (χ0) is 41.2. The maximum Gasteiger partial charge on any atom is 0.135 e. The molecule has 292 valence electrons. The van der Waals surface area contributed by atoms with Crippen LogP contribution in [0.1, 0.15) is 0 Å². The monoisotopic (exact) mass is 791 g/mol. The fraction of sp³-hybridized carbons (Fsp3) is 0. The molecule has 0 bridgehead atoms. The average molecular weight is 792 g/mol. The van der Waals surface area contributed by atoms with Crippen LogP contribution in [-0.2, 0) is 0 Å². The predicted molar refractivity (Wildman–Crippen MR) is 261 cm³/mol. The first-order valence-corrected chi connectivity index (χ1v) is 21.2. The van der Waals surface area contributed by atoms with Crippen LogP contribution in [-0.4, -0.2) is 0 Å². The molecular weight excluding hydrogens is 751 g/mol. The van der Waals surface area contributed by atoms with E-state index in [-0.39, 0.29) is 0 Å². The molecule has 0 saturated carbocycles. The Labute approximate surface area is 362 Å². The maximum absolute atomic E-state index is 6.28. The van der Waals surface area contributed by atoms with E-state index in [1.807, 2.05) is 12.1 Å². The fourth-order valence-electron chi connectivity index (χ4n) is 8.99. The van der Waals surface area contributed by atoms with Crippen LogP contribution in [0, 0.1) is 0 Å². The Balaban J connectivity index is 1.00. The number of benzene rings is 10. The molecule has 0 fully saturated rings. The molecule has 0 aliphatic heterocycles. The highest BCUT2D eigenvalue weighted by Gasteiger charge is 2.19. The summed E-state index contributed by atoms with van der Waals surface area (Å²) in [5.74, 6) is 0. The number of fused-ring (bicyclic) bond motifs is 3. The molecule has 0 saturated heterocycles. The van der Waals surface area contributed by atoms with Gasteiger partial charge in [-0.25, -0.2) is 0 Å². The minimum Gasteiger partial charge on any atom is -0.456 e. The quantitative estimate of drug-likeness (QED) is 0.145. The van der Waals surface area contributed by atoms with Gasteiger partial charge in [0.25, 0.3) is 0 Å². The third-order valence-electron chi connectivity index (χ3n) is 11.9. The molecule has 1 heterocycles. The standard InChI is InChI=1S/C60H41NO/c1-3-17-42(18-4-1)49-21-7-11-25-53(49)55-27-13-9-23-51(55)44-31-35-46(36-32-44)61(48-39-40-60-58(41-48)57-29-15-16-30-59(57)62-60)47-37-33-45(34-38-47)52-24-10-14-28-56(52)54-26-12-8-22-50(54)43-19-5-2-6-20-43/h1-41H. The van der Waals surface area contributed by atoms with Crippen molar-refractivity contribution in [3.63, 3.8) is 0 Å². The third-order valence-corrected chi connectivity index (χ3v) is 11.9. The van der Waals surface area contributed by atoms with Gasteiger partial charge in [0.15, 0.2) is 0 Å². The van der Waals surface area contributed by atoms with E-state index in [4.69, 9.17) is 4.42 Å². The second-order valence-electron chi connectivity index (χ2n) is 15.6. The zero-order valence-corrected chi connectivity index (χ0v) is 34.0. The Kier molecular flexibility index (Phi) is 9.57. The number of anilines is 3. The SMILES string of the molecule is c1ccc(-c2ccccc2-c2ccccc2-c2ccc(N(c3ccc(-c4ccccc4-c4ccccc4-c4ccccc4)cc3)c3ccc4oc5ccccc5c4c3)cc2)cc1. The number of nitrogens with zero attached hydrogens (tertiary/aromatic N) is 1. The Hall–Kier alpha value is -8.20. The fourth-order valence-corrected chi connectivity index (χ4v) is 8.99. The molecule has 0 aliphatic carbocycles. The van der Waals surface area contributed by atoms with Gasteiger partial charge < -0.3 is 9.32 Å².